The number of halogens is 1. The first kappa shape index (κ1) is 14.1. The molecule has 1 aromatic carbocycles. The van der Waals surface area contributed by atoms with Crippen molar-refractivity contribution >= 4 is 17.6 Å². The third kappa shape index (κ3) is 3.27. The molecule has 0 aliphatic heterocycles. The van der Waals surface area contributed by atoms with Crippen LogP contribution in [0.25, 0.3) is 0 Å². The number of benzene rings is 1. The number of hydrogen-bond acceptors (Lipinski definition) is 4. The van der Waals surface area contributed by atoms with Gasteiger partial charge in [-0.1, -0.05) is 0 Å². The van der Waals surface area contributed by atoms with Crippen molar-refractivity contribution in [3.8, 4) is 0 Å². The van der Waals surface area contributed by atoms with Crippen LogP contribution in [0.4, 0.5) is 10.1 Å². The van der Waals surface area contributed by atoms with E-state index >= 15 is 0 Å². The molecule has 0 aliphatic rings. The summed E-state index contributed by atoms with van der Waals surface area (Å²) in [5, 5.41) is 2.47. The van der Waals surface area contributed by atoms with Crippen LogP contribution >= 0.6 is 0 Å². The largest absolute Gasteiger partial charge is 0.465 e. The van der Waals surface area contributed by atoms with Crippen molar-refractivity contribution in [1.29, 1.82) is 0 Å². The first-order valence-electron chi connectivity index (χ1n) is 5.21. The van der Waals surface area contributed by atoms with Gasteiger partial charge in [-0.25, -0.2) is 9.18 Å². The zero-order chi connectivity index (χ0) is 13.7. The third-order valence-electron chi connectivity index (χ3n) is 2.37. The van der Waals surface area contributed by atoms with Crippen LogP contribution in [0.2, 0.25) is 0 Å². The molecule has 5 nitrogen and oxygen atoms in total. The minimum absolute atomic E-state index is 0.0471. The fourth-order valence-electron chi connectivity index (χ4n) is 1.25. The number of carbonyl (C=O) groups is 2. The van der Waals surface area contributed by atoms with Crippen LogP contribution in [-0.2, 0) is 14.3 Å². The molecule has 0 heterocycles. The lowest BCUT2D eigenvalue weighted by Crippen LogP contribution is -2.27. The third-order valence-corrected chi connectivity index (χ3v) is 2.37. The molecule has 1 atom stereocenters. The van der Waals surface area contributed by atoms with Gasteiger partial charge in [-0.3, -0.25) is 4.79 Å². The normalized spacial score (nSPS) is 11.8. The second-order valence-corrected chi connectivity index (χ2v) is 3.55. The molecule has 1 amide bonds. The Kier molecular flexibility index (Phi) is 4.79. The first-order chi connectivity index (χ1) is 8.49. The van der Waals surface area contributed by atoms with E-state index < -0.39 is 23.8 Å². The summed E-state index contributed by atoms with van der Waals surface area (Å²) in [5.41, 5.74) is 0.131. The van der Waals surface area contributed by atoms with Gasteiger partial charge in [0.1, 0.15) is 11.9 Å². The second-order valence-electron chi connectivity index (χ2n) is 3.55. The highest BCUT2D eigenvalue weighted by Gasteiger charge is 2.17. The van der Waals surface area contributed by atoms with E-state index in [1.54, 1.807) is 6.92 Å². The highest BCUT2D eigenvalue weighted by Crippen LogP contribution is 2.18. The van der Waals surface area contributed by atoms with Crippen LogP contribution < -0.4 is 5.32 Å². The van der Waals surface area contributed by atoms with Gasteiger partial charge in [0, 0.05) is 7.11 Å². The van der Waals surface area contributed by atoms with Gasteiger partial charge < -0.3 is 14.8 Å². The zero-order valence-electron chi connectivity index (χ0n) is 10.3. The van der Waals surface area contributed by atoms with Crippen LogP contribution in [0, 0.1) is 5.82 Å². The summed E-state index contributed by atoms with van der Waals surface area (Å²) in [6, 6.07) is 3.43. The van der Waals surface area contributed by atoms with Crippen molar-refractivity contribution in [2.24, 2.45) is 0 Å². The SMILES string of the molecule is COC(=O)c1cc(F)ccc1NC(=O)C(C)OC. The fraction of sp³-hybridized carbons (Fsp3) is 0.333. The Morgan fingerprint density at radius 2 is 2.00 bits per heavy atom. The van der Waals surface area contributed by atoms with Gasteiger partial charge in [-0.15, -0.1) is 0 Å². The van der Waals surface area contributed by atoms with Crippen LogP contribution in [0.15, 0.2) is 18.2 Å². The molecule has 6 heteroatoms. The monoisotopic (exact) mass is 255 g/mol. The summed E-state index contributed by atoms with van der Waals surface area (Å²) >= 11 is 0. The van der Waals surface area contributed by atoms with Crippen molar-refractivity contribution < 1.29 is 23.5 Å². The Morgan fingerprint density at radius 3 is 2.56 bits per heavy atom. The van der Waals surface area contributed by atoms with Gasteiger partial charge in [0.25, 0.3) is 5.91 Å². The van der Waals surface area contributed by atoms with Gasteiger partial charge in [-0.05, 0) is 25.1 Å². The van der Waals surface area contributed by atoms with Gasteiger partial charge in [0.15, 0.2) is 0 Å². The van der Waals surface area contributed by atoms with E-state index in [2.05, 4.69) is 10.1 Å². The quantitative estimate of drug-likeness (QED) is 0.830. The number of anilines is 1. The highest BCUT2D eigenvalue weighted by atomic mass is 19.1. The van der Waals surface area contributed by atoms with Gasteiger partial charge >= 0.3 is 5.97 Å². The molecule has 0 fully saturated rings. The van der Waals surface area contributed by atoms with Crippen molar-refractivity contribution in [2.75, 3.05) is 19.5 Å². The fourth-order valence-corrected chi connectivity index (χ4v) is 1.25. The maximum absolute atomic E-state index is 13.1. The van der Waals surface area contributed by atoms with Crippen LogP contribution in [0.5, 0.6) is 0 Å². The minimum Gasteiger partial charge on any atom is -0.465 e. The molecular weight excluding hydrogens is 241 g/mol. The van der Waals surface area contributed by atoms with E-state index in [-0.39, 0.29) is 11.3 Å². The maximum Gasteiger partial charge on any atom is 0.340 e. The molecule has 18 heavy (non-hydrogen) atoms. The van der Waals surface area contributed by atoms with Crippen LogP contribution in [0.3, 0.4) is 0 Å². The molecule has 0 aromatic heterocycles. The Hall–Kier alpha value is -1.95. The average molecular weight is 255 g/mol. The molecule has 1 N–H and O–H groups in total. The standard InChI is InChI=1S/C12H14FNO4/c1-7(17-2)11(15)14-10-5-4-8(13)6-9(10)12(16)18-3/h4-7H,1-3H3,(H,14,15). The number of hydrogen-bond donors (Lipinski definition) is 1. The van der Waals surface area contributed by atoms with Gasteiger partial charge in [-0.2, -0.15) is 0 Å². The molecule has 0 bridgehead atoms. The summed E-state index contributed by atoms with van der Waals surface area (Å²) in [4.78, 5) is 23.0. The van der Waals surface area contributed by atoms with E-state index in [1.807, 2.05) is 0 Å². The van der Waals surface area contributed by atoms with E-state index in [0.717, 1.165) is 12.1 Å². The number of carbonyl (C=O) groups excluding carboxylic acids is 2. The number of nitrogens with one attached hydrogen (secondary N) is 1. The lowest BCUT2D eigenvalue weighted by molar-refractivity contribution is -0.124. The lowest BCUT2D eigenvalue weighted by Gasteiger charge is -2.13. The highest BCUT2D eigenvalue weighted by molar-refractivity contribution is 6.02. The average Bonchev–Trinajstić information content (AvgIpc) is 2.38. The molecule has 0 spiro atoms. The predicted octanol–water partition coefficient (Wildman–Crippen LogP) is 1.59. The molecule has 0 radical (unpaired) electrons. The predicted molar refractivity (Wildman–Crippen MR) is 62.8 cm³/mol. The molecular formula is C12H14FNO4. The summed E-state index contributed by atoms with van der Waals surface area (Å²) in [6.45, 7) is 1.55. The maximum atomic E-state index is 13.1. The molecule has 0 saturated heterocycles. The van der Waals surface area contributed by atoms with Crippen molar-refractivity contribution in [3.63, 3.8) is 0 Å². The number of rotatable bonds is 4. The van der Waals surface area contributed by atoms with E-state index in [0.29, 0.717) is 0 Å². The summed E-state index contributed by atoms with van der Waals surface area (Å²) < 4.78 is 22.4. The van der Waals surface area contributed by atoms with Gasteiger partial charge in [0.05, 0.1) is 18.4 Å². The molecule has 1 rings (SSSR count). The molecule has 1 aromatic rings. The van der Waals surface area contributed by atoms with E-state index in [9.17, 15) is 14.0 Å². The Morgan fingerprint density at radius 1 is 1.33 bits per heavy atom. The van der Waals surface area contributed by atoms with Gasteiger partial charge in [0.2, 0.25) is 0 Å². The smallest absolute Gasteiger partial charge is 0.340 e. The first-order valence-corrected chi connectivity index (χ1v) is 5.21. The van der Waals surface area contributed by atoms with E-state index in [4.69, 9.17) is 4.74 Å². The summed E-state index contributed by atoms with van der Waals surface area (Å²) in [5.74, 6) is -1.75. The minimum atomic E-state index is -0.727. The summed E-state index contributed by atoms with van der Waals surface area (Å²) in [6.07, 6.45) is -0.680. The Balaban J connectivity index is 3.01. The number of ether oxygens (including phenoxy) is 2. The molecule has 98 valence electrons. The Bertz CT molecular complexity index is 461. The van der Waals surface area contributed by atoms with E-state index in [1.165, 1.54) is 20.3 Å². The molecule has 0 aliphatic carbocycles. The van der Waals surface area contributed by atoms with Crippen LogP contribution in [-0.4, -0.2) is 32.2 Å². The summed E-state index contributed by atoms with van der Waals surface area (Å²) in [7, 11) is 2.56. The lowest BCUT2D eigenvalue weighted by atomic mass is 10.1. The molecule has 0 saturated carbocycles. The zero-order valence-corrected chi connectivity index (χ0v) is 10.3. The number of methoxy groups -OCH3 is 2. The topological polar surface area (TPSA) is 64.6 Å². The number of amides is 1. The van der Waals surface area contributed by atoms with Crippen molar-refractivity contribution in [2.45, 2.75) is 13.0 Å². The Labute approximate surface area is 104 Å². The van der Waals surface area contributed by atoms with Crippen LogP contribution in [0.1, 0.15) is 17.3 Å². The number of esters is 1. The molecule has 1 unspecified atom stereocenters. The second kappa shape index (κ2) is 6.11. The van der Waals surface area contributed by atoms with Crippen molar-refractivity contribution in [1.82, 2.24) is 0 Å². The van der Waals surface area contributed by atoms with Crippen molar-refractivity contribution in [3.05, 3.63) is 29.6 Å².